The average Bonchev–Trinajstić information content (AvgIpc) is 2.59. The number of ether oxygens (including phenoxy) is 2. The fourth-order valence-electron chi connectivity index (χ4n) is 1.96. The van der Waals surface area contributed by atoms with Crippen molar-refractivity contribution in [2.75, 3.05) is 19.0 Å². The minimum absolute atomic E-state index is 0.341. The molecule has 0 spiro atoms. The highest BCUT2D eigenvalue weighted by Crippen LogP contribution is 2.19. The zero-order chi connectivity index (χ0) is 16.5. The Morgan fingerprint density at radius 3 is 2.65 bits per heavy atom. The number of nitrogens with one attached hydrogen (secondary N) is 1. The van der Waals surface area contributed by atoms with Crippen molar-refractivity contribution in [3.05, 3.63) is 66.7 Å². The highest BCUT2D eigenvalue weighted by molar-refractivity contribution is 5.92. The molecule has 0 radical (unpaired) electrons. The van der Waals surface area contributed by atoms with Gasteiger partial charge >= 0.3 is 0 Å². The molecule has 0 atom stereocenters. The number of methoxy groups -OCH3 is 1. The molecule has 0 bridgehead atoms. The summed E-state index contributed by atoms with van der Waals surface area (Å²) in [5.41, 5.74) is 7.74. The van der Waals surface area contributed by atoms with Gasteiger partial charge in [0.05, 0.1) is 13.7 Å². The molecule has 120 valence electrons. The minimum atomic E-state index is 0.341. The third-order valence-corrected chi connectivity index (χ3v) is 3.11. The average molecular weight is 311 g/mol. The number of benzene rings is 2. The highest BCUT2D eigenvalue weighted by atomic mass is 16.5. The first-order valence-electron chi connectivity index (χ1n) is 7.25. The zero-order valence-electron chi connectivity index (χ0n) is 13.2. The molecule has 0 saturated heterocycles. The Bertz CT molecular complexity index is 666. The molecule has 2 rings (SSSR count). The van der Waals surface area contributed by atoms with Crippen LogP contribution in [0.4, 0.5) is 5.69 Å². The van der Waals surface area contributed by atoms with Crippen molar-refractivity contribution in [1.82, 2.24) is 0 Å². The summed E-state index contributed by atoms with van der Waals surface area (Å²) >= 11 is 0. The molecule has 0 aliphatic rings. The minimum Gasteiger partial charge on any atom is -0.497 e. The van der Waals surface area contributed by atoms with Crippen LogP contribution in [0.25, 0.3) is 0 Å². The molecule has 0 amide bonds. The number of nitrogens with two attached hydrogens (primary N) is 1. The van der Waals surface area contributed by atoms with Crippen molar-refractivity contribution >= 4 is 11.6 Å². The quantitative estimate of drug-likeness (QED) is 0.468. The van der Waals surface area contributed by atoms with E-state index in [1.807, 2.05) is 48.5 Å². The molecule has 0 saturated carbocycles. The fourth-order valence-corrected chi connectivity index (χ4v) is 1.96. The number of aliphatic imine (C=N–C) groups is 1. The zero-order valence-corrected chi connectivity index (χ0v) is 13.2. The standard InChI is InChI=1S/C18H21N3O2/c1-3-12-23-17-7-5-4-6-14(17)13-20-18(19)21-15-8-10-16(22-2)11-9-15/h3-11H,1,12-13H2,2H3,(H3,19,20,21). The Kier molecular flexibility index (Phi) is 6.06. The van der Waals surface area contributed by atoms with Crippen LogP contribution < -0.4 is 20.5 Å². The third-order valence-electron chi connectivity index (χ3n) is 3.11. The van der Waals surface area contributed by atoms with Crippen molar-refractivity contribution in [3.63, 3.8) is 0 Å². The highest BCUT2D eigenvalue weighted by Gasteiger charge is 2.02. The molecule has 5 nitrogen and oxygen atoms in total. The molecule has 23 heavy (non-hydrogen) atoms. The van der Waals surface area contributed by atoms with E-state index in [4.69, 9.17) is 15.2 Å². The van der Waals surface area contributed by atoms with Gasteiger partial charge in [0.15, 0.2) is 5.96 Å². The normalized spacial score (nSPS) is 10.9. The van der Waals surface area contributed by atoms with Gasteiger partial charge in [0.1, 0.15) is 18.1 Å². The van der Waals surface area contributed by atoms with Gasteiger partial charge in [0.2, 0.25) is 0 Å². The number of para-hydroxylation sites is 1. The fraction of sp³-hybridized carbons (Fsp3) is 0.167. The number of hydrogen-bond donors (Lipinski definition) is 2. The first-order chi connectivity index (χ1) is 11.2. The Balaban J connectivity index is 1.99. The molecular weight excluding hydrogens is 290 g/mol. The largest absolute Gasteiger partial charge is 0.497 e. The van der Waals surface area contributed by atoms with E-state index in [-0.39, 0.29) is 0 Å². The maximum Gasteiger partial charge on any atom is 0.193 e. The summed E-state index contributed by atoms with van der Waals surface area (Å²) in [7, 11) is 1.63. The Hall–Kier alpha value is -2.95. The number of rotatable bonds is 7. The van der Waals surface area contributed by atoms with E-state index in [1.54, 1.807) is 13.2 Å². The number of anilines is 1. The van der Waals surface area contributed by atoms with Gasteiger partial charge in [-0.25, -0.2) is 4.99 Å². The lowest BCUT2D eigenvalue weighted by Gasteiger charge is -2.09. The summed E-state index contributed by atoms with van der Waals surface area (Å²) < 4.78 is 10.7. The monoisotopic (exact) mass is 311 g/mol. The van der Waals surface area contributed by atoms with E-state index in [9.17, 15) is 0 Å². The van der Waals surface area contributed by atoms with E-state index in [1.165, 1.54) is 0 Å². The molecule has 2 aromatic rings. The summed E-state index contributed by atoms with van der Waals surface area (Å²) in [5.74, 6) is 1.92. The molecule has 0 aliphatic carbocycles. The van der Waals surface area contributed by atoms with E-state index in [2.05, 4.69) is 16.9 Å². The number of nitrogens with zero attached hydrogens (tertiary/aromatic N) is 1. The van der Waals surface area contributed by atoms with Gasteiger partial charge in [-0.1, -0.05) is 30.9 Å². The second-order valence-electron chi connectivity index (χ2n) is 4.76. The lowest BCUT2D eigenvalue weighted by atomic mass is 10.2. The summed E-state index contributed by atoms with van der Waals surface area (Å²) in [6, 6.07) is 15.2. The van der Waals surface area contributed by atoms with Gasteiger partial charge < -0.3 is 20.5 Å². The van der Waals surface area contributed by atoms with Crippen LogP contribution in [0.1, 0.15) is 5.56 Å². The Morgan fingerprint density at radius 1 is 1.22 bits per heavy atom. The van der Waals surface area contributed by atoms with Crippen LogP contribution in [0.3, 0.4) is 0 Å². The summed E-state index contributed by atoms with van der Waals surface area (Å²) in [5, 5.41) is 3.04. The van der Waals surface area contributed by atoms with Crippen LogP contribution in [-0.2, 0) is 6.54 Å². The van der Waals surface area contributed by atoms with E-state index >= 15 is 0 Å². The lowest BCUT2D eigenvalue weighted by molar-refractivity contribution is 0.359. The summed E-state index contributed by atoms with van der Waals surface area (Å²) in [4.78, 5) is 4.35. The molecule has 5 heteroatoms. The SMILES string of the molecule is C=CCOc1ccccc1CN=C(N)Nc1ccc(OC)cc1. The van der Waals surface area contributed by atoms with Gasteiger partial charge in [0, 0.05) is 11.3 Å². The van der Waals surface area contributed by atoms with Gasteiger partial charge in [-0.05, 0) is 30.3 Å². The van der Waals surface area contributed by atoms with E-state index < -0.39 is 0 Å². The third kappa shape index (κ3) is 5.07. The summed E-state index contributed by atoms with van der Waals surface area (Å²) in [6.45, 7) is 4.54. The van der Waals surface area contributed by atoms with Crippen molar-refractivity contribution < 1.29 is 9.47 Å². The molecule has 2 aromatic carbocycles. The van der Waals surface area contributed by atoms with Crippen LogP contribution in [-0.4, -0.2) is 19.7 Å². The smallest absolute Gasteiger partial charge is 0.193 e. The second kappa shape index (κ2) is 8.48. The first kappa shape index (κ1) is 16.4. The number of guanidine groups is 1. The lowest BCUT2D eigenvalue weighted by Crippen LogP contribution is -2.22. The topological polar surface area (TPSA) is 68.9 Å². The molecule has 0 heterocycles. The van der Waals surface area contributed by atoms with Crippen LogP contribution in [0, 0.1) is 0 Å². The molecule has 0 aliphatic heterocycles. The van der Waals surface area contributed by atoms with Crippen molar-refractivity contribution in [1.29, 1.82) is 0 Å². The maximum atomic E-state index is 5.92. The number of hydrogen-bond acceptors (Lipinski definition) is 3. The van der Waals surface area contributed by atoms with E-state index in [0.717, 1.165) is 22.7 Å². The van der Waals surface area contributed by atoms with Gasteiger partial charge in [-0.3, -0.25) is 0 Å². The predicted molar refractivity (Wildman–Crippen MR) is 94.1 cm³/mol. The van der Waals surface area contributed by atoms with Crippen molar-refractivity contribution in [3.8, 4) is 11.5 Å². The van der Waals surface area contributed by atoms with Crippen LogP contribution in [0.2, 0.25) is 0 Å². The molecule has 3 N–H and O–H groups in total. The van der Waals surface area contributed by atoms with Gasteiger partial charge in [-0.15, -0.1) is 0 Å². The molecular formula is C18H21N3O2. The van der Waals surface area contributed by atoms with Crippen LogP contribution >= 0.6 is 0 Å². The van der Waals surface area contributed by atoms with Crippen molar-refractivity contribution in [2.45, 2.75) is 6.54 Å². The predicted octanol–water partition coefficient (Wildman–Crippen LogP) is 3.19. The Morgan fingerprint density at radius 2 is 1.96 bits per heavy atom. The van der Waals surface area contributed by atoms with Gasteiger partial charge in [0.25, 0.3) is 0 Å². The van der Waals surface area contributed by atoms with E-state index in [0.29, 0.717) is 19.1 Å². The summed E-state index contributed by atoms with van der Waals surface area (Å²) in [6.07, 6.45) is 1.71. The van der Waals surface area contributed by atoms with Gasteiger partial charge in [-0.2, -0.15) is 0 Å². The van der Waals surface area contributed by atoms with Crippen LogP contribution in [0.15, 0.2) is 66.2 Å². The second-order valence-corrected chi connectivity index (χ2v) is 4.76. The molecule has 0 unspecified atom stereocenters. The first-order valence-corrected chi connectivity index (χ1v) is 7.25. The maximum absolute atomic E-state index is 5.92. The van der Waals surface area contributed by atoms with Crippen LogP contribution in [0.5, 0.6) is 11.5 Å². The Labute approximate surface area is 136 Å². The molecule has 0 fully saturated rings. The molecule has 0 aromatic heterocycles. The van der Waals surface area contributed by atoms with Crippen molar-refractivity contribution in [2.24, 2.45) is 10.7 Å².